The second kappa shape index (κ2) is 6.29. The van der Waals surface area contributed by atoms with Gasteiger partial charge in [0, 0.05) is 19.2 Å². The number of anilines is 2. The van der Waals surface area contributed by atoms with Crippen LogP contribution in [0.2, 0.25) is 0 Å². The Bertz CT molecular complexity index is 374. The van der Waals surface area contributed by atoms with Gasteiger partial charge in [0.15, 0.2) is 5.16 Å². The van der Waals surface area contributed by atoms with E-state index in [1.165, 1.54) is 17.8 Å². The Labute approximate surface area is 105 Å². The summed E-state index contributed by atoms with van der Waals surface area (Å²) in [6.07, 6.45) is 0. The Morgan fingerprint density at radius 3 is 2.29 bits per heavy atom. The van der Waals surface area contributed by atoms with Gasteiger partial charge in [-0.25, -0.2) is 9.97 Å². The molecule has 0 aromatic carbocycles. The van der Waals surface area contributed by atoms with Crippen molar-refractivity contribution in [1.82, 2.24) is 14.9 Å². The van der Waals surface area contributed by atoms with Gasteiger partial charge in [-0.1, -0.05) is 11.8 Å². The van der Waals surface area contributed by atoms with Crippen molar-refractivity contribution in [3.63, 3.8) is 0 Å². The number of aromatic nitrogens is 2. The summed E-state index contributed by atoms with van der Waals surface area (Å²) < 4.78 is 0. The van der Waals surface area contributed by atoms with Crippen LogP contribution in [0.15, 0.2) is 11.2 Å². The average Bonchev–Trinajstić information content (AvgIpc) is 2.27. The van der Waals surface area contributed by atoms with E-state index in [1.54, 1.807) is 4.90 Å². The molecule has 0 saturated heterocycles. The number of rotatable bonds is 5. The van der Waals surface area contributed by atoms with Gasteiger partial charge in [-0.3, -0.25) is 4.79 Å². The minimum Gasteiger partial charge on any atom is -0.383 e. The van der Waals surface area contributed by atoms with Crippen LogP contribution in [0, 0.1) is 0 Å². The standard InChI is InChI=1S/C10H17N5OS/c1-3-15(4-2)9(16)6-17-10-13-7(11)5-8(12)14-10/h5H,3-4,6H2,1-2H3,(H4,11,12,13,14). The van der Waals surface area contributed by atoms with Crippen LogP contribution < -0.4 is 11.5 Å². The molecule has 0 aliphatic heterocycles. The molecular weight excluding hydrogens is 238 g/mol. The van der Waals surface area contributed by atoms with Gasteiger partial charge in [0.2, 0.25) is 5.91 Å². The van der Waals surface area contributed by atoms with Crippen LogP contribution in [-0.4, -0.2) is 39.6 Å². The second-order valence-corrected chi connectivity index (χ2v) is 4.30. The van der Waals surface area contributed by atoms with Gasteiger partial charge in [0.25, 0.3) is 0 Å². The van der Waals surface area contributed by atoms with Crippen molar-refractivity contribution < 1.29 is 4.79 Å². The molecule has 0 spiro atoms. The second-order valence-electron chi connectivity index (χ2n) is 3.35. The molecule has 0 unspecified atom stereocenters. The van der Waals surface area contributed by atoms with Crippen LogP contribution in [0.5, 0.6) is 0 Å². The zero-order valence-electron chi connectivity index (χ0n) is 10.0. The first-order valence-corrected chi connectivity index (χ1v) is 6.36. The highest BCUT2D eigenvalue weighted by Crippen LogP contribution is 2.16. The molecule has 0 aliphatic rings. The molecule has 1 aromatic heterocycles. The summed E-state index contributed by atoms with van der Waals surface area (Å²) in [5.74, 6) is 0.986. The summed E-state index contributed by atoms with van der Waals surface area (Å²) in [7, 11) is 0. The number of nitrogens with zero attached hydrogens (tertiary/aromatic N) is 3. The molecule has 94 valence electrons. The SMILES string of the molecule is CCN(CC)C(=O)CSc1nc(N)cc(N)n1. The van der Waals surface area contributed by atoms with Gasteiger partial charge in [-0.15, -0.1) is 0 Å². The lowest BCUT2D eigenvalue weighted by Gasteiger charge is -2.17. The third-order valence-electron chi connectivity index (χ3n) is 2.19. The van der Waals surface area contributed by atoms with Crippen LogP contribution in [0.1, 0.15) is 13.8 Å². The maximum absolute atomic E-state index is 11.7. The number of nitrogens with two attached hydrogens (primary N) is 2. The molecular formula is C10H17N5OS. The first-order chi connectivity index (χ1) is 8.06. The Morgan fingerprint density at radius 2 is 1.82 bits per heavy atom. The maximum Gasteiger partial charge on any atom is 0.233 e. The quantitative estimate of drug-likeness (QED) is 0.590. The number of hydrogen-bond donors (Lipinski definition) is 2. The van der Waals surface area contributed by atoms with Crippen molar-refractivity contribution in [2.75, 3.05) is 30.3 Å². The van der Waals surface area contributed by atoms with Crippen LogP contribution in [0.3, 0.4) is 0 Å². The molecule has 17 heavy (non-hydrogen) atoms. The van der Waals surface area contributed by atoms with E-state index in [4.69, 9.17) is 11.5 Å². The monoisotopic (exact) mass is 255 g/mol. The van der Waals surface area contributed by atoms with Gasteiger partial charge >= 0.3 is 0 Å². The molecule has 1 heterocycles. The normalized spacial score (nSPS) is 10.2. The topological polar surface area (TPSA) is 98.1 Å². The molecule has 4 N–H and O–H groups in total. The lowest BCUT2D eigenvalue weighted by molar-refractivity contribution is -0.127. The highest BCUT2D eigenvalue weighted by Gasteiger charge is 2.11. The molecule has 1 rings (SSSR count). The lowest BCUT2D eigenvalue weighted by Crippen LogP contribution is -2.31. The number of carbonyl (C=O) groups excluding carboxylic acids is 1. The van der Waals surface area contributed by atoms with Crippen LogP contribution >= 0.6 is 11.8 Å². The highest BCUT2D eigenvalue weighted by molar-refractivity contribution is 7.99. The van der Waals surface area contributed by atoms with E-state index in [1.807, 2.05) is 13.8 Å². The van der Waals surface area contributed by atoms with Gasteiger partial charge in [-0.2, -0.15) is 0 Å². The van der Waals surface area contributed by atoms with E-state index < -0.39 is 0 Å². The van der Waals surface area contributed by atoms with E-state index in [0.717, 1.165) is 0 Å². The van der Waals surface area contributed by atoms with Crippen molar-refractivity contribution in [2.24, 2.45) is 0 Å². The predicted octanol–water partition coefficient (Wildman–Crippen LogP) is 0.601. The van der Waals surface area contributed by atoms with Crippen molar-refractivity contribution in [1.29, 1.82) is 0 Å². The molecule has 1 aromatic rings. The number of amides is 1. The van der Waals surface area contributed by atoms with Crippen molar-refractivity contribution in [3.05, 3.63) is 6.07 Å². The van der Waals surface area contributed by atoms with Crippen molar-refractivity contribution in [3.8, 4) is 0 Å². The van der Waals surface area contributed by atoms with E-state index in [-0.39, 0.29) is 5.91 Å². The number of hydrogen-bond acceptors (Lipinski definition) is 6. The molecule has 1 amide bonds. The average molecular weight is 255 g/mol. The Morgan fingerprint density at radius 1 is 1.29 bits per heavy atom. The minimum atomic E-state index is 0.0598. The molecule has 6 nitrogen and oxygen atoms in total. The van der Waals surface area contributed by atoms with Gasteiger partial charge in [0.1, 0.15) is 11.6 Å². The summed E-state index contributed by atoms with van der Waals surface area (Å²) in [5, 5.41) is 0.433. The third-order valence-corrected chi connectivity index (χ3v) is 3.02. The summed E-state index contributed by atoms with van der Waals surface area (Å²) in [4.78, 5) is 21.5. The fourth-order valence-corrected chi connectivity index (χ4v) is 2.10. The molecule has 0 aliphatic carbocycles. The van der Waals surface area contributed by atoms with Gasteiger partial charge in [-0.05, 0) is 13.8 Å². The number of thioether (sulfide) groups is 1. The lowest BCUT2D eigenvalue weighted by atomic mass is 10.5. The van der Waals surface area contributed by atoms with Gasteiger partial charge in [0.05, 0.1) is 5.75 Å². The predicted molar refractivity (Wildman–Crippen MR) is 69.5 cm³/mol. The van der Waals surface area contributed by atoms with Crippen molar-refractivity contribution >= 4 is 29.3 Å². The van der Waals surface area contributed by atoms with Crippen molar-refractivity contribution in [2.45, 2.75) is 19.0 Å². The Kier molecular flexibility index (Phi) is 5.02. The fourth-order valence-electron chi connectivity index (χ4n) is 1.32. The van der Waals surface area contributed by atoms with Crippen LogP contribution in [0.4, 0.5) is 11.6 Å². The van der Waals surface area contributed by atoms with E-state index >= 15 is 0 Å². The number of nitrogen functional groups attached to an aromatic ring is 2. The maximum atomic E-state index is 11.7. The Hall–Kier alpha value is -1.50. The summed E-state index contributed by atoms with van der Waals surface area (Å²) in [6.45, 7) is 5.30. The molecule has 0 bridgehead atoms. The molecule has 0 saturated carbocycles. The number of carbonyl (C=O) groups is 1. The van der Waals surface area contributed by atoms with E-state index in [9.17, 15) is 4.79 Å². The first kappa shape index (κ1) is 13.6. The zero-order valence-corrected chi connectivity index (χ0v) is 10.8. The van der Waals surface area contributed by atoms with Crippen LogP contribution in [-0.2, 0) is 4.79 Å². The highest BCUT2D eigenvalue weighted by atomic mass is 32.2. The minimum absolute atomic E-state index is 0.0598. The third kappa shape index (κ3) is 4.10. The smallest absolute Gasteiger partial charge is 0.233 e. The summed E-state index contributed by atoms with van der Waals surface area (Å²) >= 11 is 1.24. The molecule has 0 radical (unpaired) electrons. The summed E-state index contributed by atoms with van der Waals surface area (Å²) in [6, 6.07) is 1.48. The fraction of sp³-hybridized carbons (Fsp3) is 0.500. The zero-order chi connectivity index (χ0) is 12.8. The van der Waals surface area contributed by atoms with E-state index in [0.29, 0.717) is 35.6 Å². The summed E-state index contributed by atoms with van der Waals surface area (Å²) in [5.41, 5.74) is 11.1. The van der Waals surface area contributed by atoms with Gasteiger partial charge < -0.3 is 16.4 Å². The molecule has 0 atom stereocenters. The molecule has 7 heteroatoms. The largest absolute Gasteiger partial charge is 0.383 e. The van der Waals surface area contributed by atoms with Crippen LogP contribution in [0.25, 0.3) is 0 Å². The Balaban J connectivity index is 2.58. The molecule has 0 fully saturated rings. The van der Waals surface area contributed by atoms with E-state index in [2.05, 4.69) is 9.97 Å². The first-order valence-electron chi connectivity index (χ1n) is 5.37.